The Morgan fingerprint density at radius 3 is 2.84 bits per heavy atom. The second-order valence-corrected chi connectivity index (χ2v) is 7.54. The molecule has 31 heavy (non-hydrogen) atoms. The average Bonchev–Trinajstić information content (AvgIpc) is 3.27. The molecule has 2 fully saturated rings. The molecule has 0 saturated carbocycles. The van der Waals surface area contributed by atoms with Crippen molar-refractivity contribution in [2.45, 2.75) is 25.3 Å². The van der Waals surface area contributed by atoms with E-state index in [2.05, 4.69) is 10.5 Å². The van der Waals surface area contributed by atoms with Gasteiger partial charge >= 0.3 is 12.1 Å². The smallest absolute Gasteiger partial charge is 0.409 e. The first-order valence-electron chi connectivity index (χ1n) is 10.4. The van der Waals surface area contributed by atoms with Crippen molar-refractivity contribution in [1.82, 2.24) is 15.0 Å². The third kappa shape index (κ3) is 5.32. The summed E-state index contributed by atoms with van der Waals surface area (Å²) in [6, 6.07) is 6.92. The lowest BCUT2D eigenvalue weighted by Crippen LogP contribution is -2.49. The fourth-order valence-corrected chi connectivity index (χ4v) is 3.74. The van der Waals surface area contributed by atoms with E-state index in [0.717, 1.165) is 19.3 Å². The predicted octanol–water partition coefficient (Wildman–Crippen LogP) is 3.34. The van der Waals surface area contributed by atoms with Crippen molar-refractivity contribution < 1.29 is 28.0 Å². The number of urea groups is 1. The quantitative estimate of drug-likeness (QED) is 0.796. The van der Waals surface area contributed by atoms with Gasteiger partial charge in [-0.05, 0) is 31.4 Å². The van der Waals surface area contributed by atoms with Gasteiger partial charge < -0.3 is 23.8 Å². The second-order valence-electron chi connectivity index (χ2n) is 7.54. The Morgan fingerprint density at radius 1 is 1.19 bits per heavy atom. The van der Waals surface area contributed by atoms with E-state index >= 15 is 0 Å². The zero-order valence-electron chi connectivity index (χ0n) is 17.1. The summed E-state index contributed by atoms with van der Waals surface area (Å²) in [6.45, 7) is 2.71. The van der Waals surface area contributed by atoms with E-state index < -0.39 is 0 Å². The van der Waals surface area contributed by atoms with Crippen LogP contribution in [0.3, 0.4) is 0 Å². The lowest BCUT2D eigenvalue weighted by atomic mass is 10.0. The fraction of sp³-hybridized carbons (Fsp3) is 0.476. The highest BCUT2D eigenvalue weighted by Gasteiger charge is 2.29. The minimum Gasteiger partial charge on any atom is -0.447 e. The van der Waals surface area contributed by atoms with Crippen molar-refractivity contribution >= 4 is 17.9 Å². The van der Waals surface area contributed by atoms with Gasteiger partial charge in [0.15, 0.2) is 11.6 Å². The number of rotatable bonds is 4. The van der Waals surface area contributed by atoms with E-state index in [-0.39, 0.29) is 36.4 Å². The summed E-state index contributed by atoms with van der Waals surface area (Å²) in [5.74, 6) is 0.200. The third-order valence-electron chi connectivity index (χ3n) is 5.41. The van der Waals surface area contributed by atoms with Gasteiger partial charge in [0, 0.05) is 31.3 Å². The van der Waals surface area contributed by atoms with Crippen LogP contribution in [0.2, 0.25) is 0 Å². The Kier molecular flexibility index (Phi) is 6.66. The summed E-state index contributed by atoms with van der Waals surface area (Å²) in [7, 11) is 0. The number of morpholine rings is 1. The number of halogens is 1. The zero-order valence-corrected chi connectivity index (χ0v) is 17.1. The van der Waals surface area contributed by atoms with Crippen molar-refractivity contribution in [2.75, 3.05) is 44.8 Å². The van der Waals surface area contributed by atoms with Crippen LogP contribution in [0.4, 0.5) is 19.8 Å². The van der Waals surface area contributed by atoms with E-state index in [9.17, 15) is 14.0 Å². The van der Waals surface area contributed by atoms with Crippen molar-refractivity contribution in [3.05, 3.63) is 36.1 Å². The van der Waals surface area contributed by atoms with E-state index in [1.807, 2.05) is 0 Å². The summed E-state index contributed by atoms with van der Waals surface area (Å²) in [5.41, 5.74) is 0.527. The Balaban J connectivity index is 1.34. The molecular weight excluding hydrogens is 407 g/mol. The number of amides is 3. The molecule has 3 amide bonds. The number of anilines is 1. The molecule has 10 heteroatoms. The van der Waals surface area contributed by atoms with Gasteiger partial charge in [0.25, 0.3) is 0 Å². The van der Waals surface area contributed by atoms with E-state index in [1.165, 1.54) is 12.1 Å². The van der Waals surface area contributed by atoms with Gasteiger partial charge in [0.2, 0.25) is 0 Å². The number of piperidine rings is 1. The largest absolute Gasteiger partial charge is 0.447 e. The van der Waals surface area contributed by atoms with Crippen LogP contribution in [-0.2, 0) is 9.47 Å². The van der Waals surface area contributed by atoms with Crippen molar-refractivity contribution in [2.24, 2.45) is 0 Å². The molecule has 1 unspecified atom stereocenters. The molecule has 0 radical (unpaired) electrons. The van der Waals surface area contributed by atoms with Crippen LogP contribution >= 0.6 is 0 Å². The monoisotopic (exact) mass is 432 g/mol. The SMILES string of the molecule is O=C(OCC1CCCCN1C(=O)Nc1cc(-c2cccc(F)c2)on1)N1CCOCC1. The van der Waals surface area contributed by atoms with Gasteiger partial charge in [-0.15, -0.1) is 0 Å². The lowest BCUT2D eigenvalue weighted by Gasteiger charge is -2.35. The van der Waals surface area contributed by atoms with E-state index in [4.69, 9.17) is 14.0 Å². The summed E-state index contributed by atoms with van der Waals surface area (Å²) < 4.78 is 29.4. The molecular formula is C21H25FN4O5. The van der Waals surface area contributed by atoms with Crippen LogP contribution in [0.5, 0.6) is 0 Å². The maximum atomic E-state index is 13.4. The Labute approximate surface area is 179 Å². The molecule has 9 nitrogen and oxygen atoms in total. The normalized spacial score (nSPS) is 19.2. The number of ether oxygens (including phenoxy) is 2. The molecule has 166 valence electrons. The summed E-state index contributed by atoms with van der Waals surface area (Å²) >= 11 is 0. The van der Waals surface area contributed by atoms with E-state index in [1.54, 1.807) is 28.0 Å². The molecule has 3 heterocycles. The van der Waals surface area contributed by atoms with Gasteiger partial charge in [-0.25, -0.2) is 14.0 Å². The second kappa shape index (κ2) is 9.78. The number of carbonyl (C=O) groups is 2. The molecule has 1 aromatic heterocycles. The minimum absolute atomic E-state index is 0.136. The Bertz CT molecular complexity index is 915. The molecule has 4 rings (SSSR count). The number of hydrogen-bond acceptors (Lipinski definition) is 6. The summed E-state index contributed by atoms with van der Waals surface area (Å²) in [4.78, 5) is 28.4. The van der Waals surface area contributed by atoms with E-state index in [0.29, 0.717) is 44.2 Å². The molecule has 2 aliphatic heterocycles. The molecule has 0 bridgehead atoms. The molecule has 1 aromatic carbocycles. The van der Waals surface area contributed by atoms with Crippen molar-refractivity contribution in [3.8, 4) is 11.3 Å². The highest BCUT2D eigenvalue weighted by atomic mass is 19.1. The standard InChI is InChI=1S/C21H25FN4O5/c22-16-5-3-4-15(12-16)18-13-19(24-31-18)23-20(27)26-7-2-1-6-17(26)14-30-21(28)25-8-10-29-11-9-25/h3-5,12-13,17H,1-2,6-11,14H2,(H,23,24,27). The van der Waals surface area contributed by atoms with Gasteiger partial charge in [0.05, 0.1) is 19.3 Å². The average molecular weight is 432 g/mol. The molecule has 1 N–H and O–H groups in total. The number of benzene rings is 1. The number of carbonyl (C=O) groups excluding carboxylic acids is 2. The molecule has 1 atom stereocenters. The lowest BCUT2D eigenvalue weighted by molar-refractivity contribution is 0.0176. The summed E-state index contributed by atoms with van der Waals surface area (Å²) in [5, 5.41) is 6.58. The summed E-state index contributed by atoms with van der Waals surface area (Å²) in [6.07, 6.45) is 2.19. The first-order chi connectivity index (χ1) is 15.1. The van der Waals surface area contributed by atoms with Crippen molar-refractivity contribution in [1.29, 1.82) is 0 Å². The zero-order chi connectivity index (χ0) is 21.6. The van der Waals surface area contributed by atoms with Crippen molar-refractivity contribution in [3.63, 3.8) is 0 Å². The van der Waals surface area contributed by atoms with Crippen LogP contribution in [0, 0.1) is 5.82 Å². The number of nitrogens with one attached hydrogen (secondary N) is 1. The van der Waals surface area contributed by atoms with Gasteiger partial charge in [-0.2, -0.15) is 0 Å². The minimum atomic E-state index is -0.387. The number of aromatic nitrogens is 1. The molecule has 2 saturated heterocycles. The fourth-order valence-electron chi connectivity index (χ4n) is 3.74. The maximum Gasteiger partial charge on any atom is 0.409 e. The molecule has 0 aliphatic carbocycles. The predicted molar refractivity (Wildman–Crippen MR) is 109 cm³/mol. The number of hydrogen-bond donors (Lipinski definition) is 1. The number of nitrogens with zero attached hydrogens (tertiary/aromatic N) is 3. The van der Waals surface area contributed by atoms with Crippen LogP contribution in [0.15, 0.2) is 34.9 Å². The van der Waals surface area contributed by atoms with Crippen LogP contribution in [-0.4, -0.2) is 72.6 Å². The first-order valence-corrected chi connectivity index (χ1v) is 10.4. The number of likely N-dealkylation sites (tertiary alicyclic amines) is 1. The van der Waals surface area contributed by atoms with Crippen LogP contribution in [0.25, 0.3) is 11.3 Å². The van der Waals surface area contributed by atoms with Crippen LogP contribution in [0.1, 0.15) is 19.3 Å². The Morgan fingerprint density at radius 2 is 2.03 bits per heavy atom. The highest BCUT2D eigenvalue weighted by molar-refractivity contribution is 5.89. The topological polar surface area (TPSA) is 97.1 Å². The first kappa shape index (κ1) is 21.1. The molecule has 2 aliphatic rings. The van der Waals surface area contributed by atoms with Gasteiger partial charge in [-0.1, -0.05) is 17.3 Å². The molecule has 0 spiro atoms. The third-order valence-corrected chi connectivity index (χ3v) is 5.41. The highest BCUT2D eigenvalue weighted by Crippen LogP contribution is 2.24. The maximum absolute atomic E-state index is 13.4. The van der Waals surface area contributed by atoms with Gasteiger partial charge in [-0.3, -0.25) is 5.32 Å². The molecule has 2 aromatic rings. The van der Waals surface area contributed by atoms with Crippen LogP contribution < -0.4 is 5.32 Å². The Hall–Kier alpha value is -3.14. The van der Waals surface area contributed by atoms with Gasteiger partial charge in [0.1, 0.15) is 12.4 Å².